The molecule has 2 nitrogen and oxygen atoms in total. The van der Waals surface area contributed by atoms with Crippen LogP contribution in [0.1, 0.15) is 36.9 Å². The summed E-state index contributed by atoms with van der Waals surface area (Å²) in [4.78, 5) is 0. The van der Waals surface area contributed by atoms with E-state index in [1.807, 2.05) is 19.1 Å². The van der Waals surface area contributed by atoms with E-state index in [2.05, 4.69) is 6.92 Å². The number of hydrogen-bond donors (Lipinski definition) is 2. The third-order valence-electron chi connectivity index (χ3n) is 2.46. The Morgan fingerprint density at radius 1 is 1.43 bits per heavy atom. The van der Waals surface area contributed by atoms with Crippen molar-refractivity contribution in [2.45, 2.75) is 32.7 Å². The maximum atomic E-state index is 6.17. The molecule has 3 heteroatoms. The van der Waals surface area contributed by atoms with Crippen LogP contribution in [0, 0.1) is 6.92 Å². The lowest BCUT2D eigenvalue weighted by molar-refractivity contribution is 0.638. The molecule has 0 bridgehead atoms. The molecule has 1 rings (SSSR count). The van der Waals surface area contributed by atoms with Crippen molar-refractivity contribution >= 4 is 17.3 Å². The molecule has 1 atom stereocenters. The predicted molar refractivity (Wildman–Crippen MR) is 62.4 cm³/mol. The molecule has 0 fully saturated rings. The summed E-state index contributed by atoms with van der Waals surface area (Å²) in [7, 11) is 0. The van der Waals surface area contributed by atoms with Crippen molar-refractivity contribution in [3.8, 4) is 0 Å². The van der Waals surface area contributed by atoms with E-state index in [-0.39, 0.29) is 6.04 Å². The van der Waals surface area contributed by atoms with Gasteiger partial charge in [0, 0.05) is 11.7 Å². The van der Waals surface area contributed by atoms with Crippen molar-refractivity contribution in [1.82, 2.24) is 0 Å². The molecule has 0 saturated carbocycles. The van der Waals surface area contributed by atoms with E-state index < -0.39 is 0 Å². The van der Waals surface area contributed by atoms with Gasteiger partial charge in [0.25, 0.3) is 0 Å². The van der Waals surface area contributed by atoms with Gasteiger partial charge >= 0.3 is 0 Å². The fourth-order valence-corrected chi connectivity index (χ4v) is 1.79. The minimum absolute atomic E-state index is 0.0202. The van der Waals surface area contributed by atoms with Crippen LogP contribution in [0.25, 0.3) is 0 Å². The number of anilines is 1. The lowest BCUT2D eigenvalue weighted by atomic mass is 10.0. The van der Waals surface area contributed by atoms with Crippen LogP contribution >= 0.6 is 11.6 Å². The van der Waals surface area contributed by atoms with Crippen LogP contribution in [0.2, 0.25) is 5.02 Å². The number of rotatable bonds is 3. The predicted octanol–water partition coefficient (Wildman–Crippen LogP) is 3.03. The monoisotopic (exact) mass is 212 g/mol. The summed E-state index contributed by atoms with van der Waals surface area (Å²) in [5, 5.41) is 0.714. The average Bonchev–Trinajstić information content (AvgIpc) is 2.15. The summed E-state index contributed by atoms with van der Waals surface area (Å²) in [6, 6.07) is 3.81. The highest BCUT2D eigenvalue weighted by Crippen LogP contribution is 2.30. The number of nitrogens with two attached hydrogens (primary N) is 2. The summed E-state index contributed by atoms with van der Waals surface area (Å²) in [6.45, 7) is 4.03. The maximum absolute atomic E-state index is 6.17. The van der Waals surface area contributed by atoms with Crippen LogP contribution in [-0.4, -0.2) is 0 Å². The van der Waals surface area contributed by atoms with Crippen LogP contribution in [0.5, 0.6) is 0 Å². The zero-order valence-electron chi connectivity index (χ0n) is 8.68. The highest BCUT2D eigenvalue weighted by Gasteiger charge is 2.12. The number of halogens is 1. The molecule has 1 aromatic rings. The van der Waals surface area contributed by atoms with E-state index >= 15 is 0 Å². The first-order chi connectivity index (χ1) is 6.57. The third-order valence-corrected chi connectivity index (χ3v) is 2.96. The molecule has 0 heterocycles. The van der Waals surface area contributed by atoms with Crippen molar-refractivity contribution in [3.05, 3.63) is 28.3 Å². The quantitative estimate of drug-likeness (QED) is 0.757. The Labute approximate surface area is 90.2 Å². The Kier molecular flexibility index (Phi) is 3.78. The molecule has 0 spiro atoms. The van der Waals surface area contributed by atoms with Crippen molar-refractivity contribution in [2.24, 2.45) is 5.73 Å². The molecule has 0 aliphatic heterocycles. The molecular formula is C11H17ClN2. The Morgan fingerprint density at radius 2 is 2.07 bits per heavy atom. The first kappa shape index (κ1) is 11.3. The van der Waals surface area contributed by atoms with Crippen LogP contribution in [0.15, 0.2) is 12.1 Å². The molecule has 0 aliphatic carbocycles. The van der Waals surface area contributed by atoms with Crippen LogP contribution in [0.3, 0.4) is 0 Å². The van der Waals surface area contributed by atoms with Crippen LogP contribution in [0.4, 0.5) is 5.69 Å². The van der Waals surface area contributed by atoms with Crippen LogP contribution in [-0.2, 0) is 0 Å². The van der Waals surface area contributed by atoms with Crippen molar-refractivity contribution in [1.29, 1.82) is 0 Å². The third kappa shape index (κ3) is 2.20. The average molecular weight is 213 g/mol. The second-order valence-electron chi connectivity index (χ2n) is 3.58. The summed E-state index contributed by atoms with van der Waals surface area (Å²) in [6.07, 6.45) is 2.00. The highest BCUT2D eigenvalue weighted by atomic mass is 35.5. The lowest BCUT2D eigenvalue weighted by Crippen LogP contribution is -2.11. The topological polar surface area (TPSA) is 52.0 Å². The summed E-state index contributed by atoms with van der Waals surface area (Å²) < 4.78 is 0. The summed E-state index contributed by atoms with van der Waals surface area (Å²) in [5.41, 5.74) is 14.4. The zero-order chi connectivity index (χ0) is 10.7. The molecule has 0 radical (unpaired) electrons. The molecule has 0 aliphatic rings. The zero-order valence-corrected chi connectivity index (χ0v) is 9.43. The molecule has 0 aromatic heterocycles. The van der Waals surface area contributed by atoms with Gasteiger partial charge in [0.15, 0.2) is 0 Å². The molecule has 0 amide bonds. The van der Waals surface area contributed by atoms with E-state index in [1.54, 1.807) is 0 Å². The number of benzene rings is 1. The summed E-state index contributed by atoms with van der Waals surface area (Å²) >= 11 is 6.17. The first-order valence-electron chi connectivity index (χ1n) is 4.88. The standard InChI is InChI=1S/C11H17ClN2/c1-3-4-10(14)8-5-6-9(13)7(2)11(8)12/h5-6,10H,3-4,13-14H2,1-2H3/t10-/m1/s1. The van der Waals surface area contributed by atoms with E-state index in [4.69, 9.17) is 23.1 Å². The molecule has 4 N–H and O–H groups in total. The van der Waals surface area contributed by atoms with Gasteiger partial charge in [-0.3, -0.25) is 0 Å². The van der Waals surface area contributed by atoms with E-state index in [9.17, 15) is 0 Å². The first-order valence-corrected chi connectivity index (χ1v) is 5.25. The molecule has 0 saturated heterocycles. The smallest absolute Gasteiger partial charge is 0.0503 e. The molecule has 0 unspecified atom stereocenters. The normalized spacial score (nSPS) is 12.9. The lowest BCUT2D eigenvalue weighted by Gasteiger charge is -2.15. The van der Waals surface area contributed by atoms with E-state index in [0.717, 1.165) is 29.7 Å². The van der Waals surface area contributed by atoms with Gasteiger partial charge in [-0.2, -0.15) is 0 Å². The second-order valence-corrected chi connectivity index (χ2v) is 3.96. The van der Waals surface area contributed by atoms with Crippen molar-refractivity contribution < 1.29 is 0 Å². The minimum atomic E-state index is 0.0202. The van der Waals surface area contributed by atoms with Gasteiger partial charge in [-0.1, -0.05) is 31.0 Å². The van der Waals surface area contributed by atoms with Crippen molar-refractivity contribution in [3.63, 3.8) is 0 Å². The Morgan fingerprint density at radius 3 is 2.64 bits per heavy atom. The SMILES string of the molecule is CCC[C@@H](N)c1ccc(N)c(C)c1Cl. The van der Waals surface area contributed by atoms with Crippen LogP contribution < -0.4 is 11.5 Å². The Bertz CT molecular complexity index is 323. The van der Waals surface area contributed by atoms with Crippen molar-refractivity contribution in [2.75, 3.05) is 5.73 Å². The summed E-state index contributed by atoms with van der Waals surface area (Å²) in [5.74, 6) is 0. The molecule has 1 aromatic carbocycles. The van der Waals surface area contributed by atoms with Gasteiger partial charge in [0.2, 0.25) is 0 Å². The fourth-order valence-electron chi connectivity index (χ4n) is 1.47. The van der Waals surface area contributed by atoms with Gasteiger partial charge in [-0.05, 0) is 30.5 Å². The van der Waals surface area contributed by atoms with Gasteiger partial charge in [-0.15, -0.1) is 0 Å². The molecular weight excluding hydrogens is 196 g/mol. The van der Waals surface area contributed by atoms with E-state index in [1.165, 1.54) is 0 Å². The van der Waals surface area contributed by atoms with Gasteiger partial charge in [0.1, 0.15) is 0 Å². The number of nitrogen functional groups attached to an aromatic ring is 1. The van der Waals surface area contributed by atoms with Gasteiger partial charge in [0.05, 0.1) is 5.02 Å². The highest BCUT2D eigenvalue weighted by molar-refractivity contribution is 6.32. The Balaban J connectivity index is 3.04. The van der Waals surface area contributed by atoms with Gasteiger partial charge < -0.3 is 11.5 Å². The maximum Gasteiger partial charge on any atom is 0.0503 e. The largest absolute Gasteiger partial charge is 0.398 e. The van der Waals surface area contributed by atoms with E-state index in [0.29, 0.717) is 5.02 Å². The second kappa shape index (κ2) is 4.67. The molecule has 14 heavy (non-hydrogen) atoms. The Hall–Kier alpha value is -0.730. The number of hydrogen-bond acceptors (Lipinski definition) is 2. The van der Waals surface area contributed by atoms with Gasteiger partial charge in [-0.25, -0.2) is 0 Å². The fraction of sp³-hybridized carbons (Fsp3) is 0.455. The minimum Gasteiger partial charge on any atom is -0.398 e. The molecule has 78 valence electrons.